The van der Waals surface area contributed by atoms with E-state index in [-0.39, 0.29) is 0 Å². The molecular formula is C15H19NOS. The number of benzene rings is 1. The van der Waals surface area contributed by atoms with Crippen LogP contribution in [0.5, 0.6) is 5.75 Å². The molecule has 0 fully saturated rings. The molecule has 2 nitrogen and oxygen atoms in total. The summed E-state index contributed by atoms with van der Waals surface area (Å²) in [5.74, 6) is 0.942. The molecule has 0 amide bonds. The summed E-state index contributed by atoms with van der Waals surface area (Å²) >= 11 is 1.70. The fourth-order valence-electron chi connectivity index (χ4n) is 1.70. The Morgan fingerprint density at radius 3 is 2.94 bits per heavy atom. The van der Waals surface area contributed by atoms with Gasteiger partial charge in [-0.3, -0.25) is 0 Å². The van der Waals surface area contributed by atoms with Crippen molar-refractivity contribution in [2.75, 3.05) is 6.54 Å². The molecule has 96 valence electrons. The summed E-state index contributed by atoms with van der Waals surface area (Å²) in [6.45, 7) is 4.78. The van der Waals surface area contributed by atoms with E-state index in [1.54, 1.807) is 11.3 Å². The van der Waals surface area contributed by atoms with Crippen LogP contribution in [0, 0.1) is 0 Å². The van der Waals surface area contributed by atoms with Crippen molar-refractivity contribution < 1.29 is 4.74 Å². The summed E-state index contributed by atoms with van der Waals surface area (Å²) < 4.78 is 5.78. The third-order valence-electron chi connectivity index (χ3n) is 2.64. The molecule has 1 aromatic carbocycles. The monoisotopic (exact) mass is 261 g/mol. The molecule has 0 spiro atoms. The molecule has 0 radical (unpaired) electrons. The van der Waals surface area contributed by atoms with Gasteiger partial charge in [-0.2, -0.15) is 11.3 Å². The molecule has 2 rings (SSSR count). The van der Waals surface area contributed by atoms with E-state index in [1.807, 2.05) is 12.1 Å². The fraction of sp³-hybridized carbons (Fsp3) is 0.333. The summed E-state index contributed by atoms with van der Waals surface area (Å²) in [5.41, 5.74) is 2.50. The van der Waals surface area contributed by atoms with Crippen molar-refractivity contribution in [2.45, 2.75) is 26.5 Å². The molecule has 0 saturated carbocycles. The predicted molar refractivity (Wildman–Crippen MR) is 77.1 cm³/mol. The molecule has 1 N–H and O–H groups in total. The van der Waals surface area contributed by atoms with E-state index in [1.165, 1.54) is 11.1 Å². The summed E-state index contributed by atoms with van der Waals surface area (Å²) in [4.78, 5) is 0. The Morgan fingerprint density at radius 2 is 2.17 bits per heavy atom. The van der Waals surface area contributed by atoms with E-state index < -0.39 is 0 Å². The summed E-state index contributed by atoms with van der Waals surface area (Å²) in [5, 5.41) is 7.59. The second-order valence-electron chi connectivity index (χ2n) is 4.24. The van der Waals surface area contributed by atoms with Gasteiger partial charge in [0.2, 0.25) is 0 Å². The van der Waals surface area contributed by atoms with Crippen LogP contribution in [0.1, 0.15) is 24.5 Å². The minimum absolute atomic E-state index is 0.648. The van der Waals surface area contributed by atoms with Crippen LogP contribution in [0.3, 0.4) is 0 Å². The second kappa shape index (κ2) is 7.19. The van der Waals surface area contributed by atoms with Gasteiger partial charge in [-0.1, -0.05) is 19.1 Å². The Hall–Kier alpha value is -1.32. The maximum atomic E-state index is 5.78. The lowest BCUT2D eigenvalue weighted by atomic mass is 10.2. The Bertz CT molecular complexity index is 453. The number of thiophene rings is 1. The molecule has 18 heavy (non-hydrogen) atoms. The zero-order chi connectivity index (χ0) is 12.6. The van der Waals surface area contributed by atoms with Gasteiger partial charge >= 0.3 is 0 Å². The summed E-state index contributed by atoms with van der Waals surface area (Å²) in [6, 6.07) is 10.4. The Morgan fingerprint density at radius 1 is 1.22 bits per heavy atom. The third kappa shape index (κ3) is 4.17. The van der Waals surface area contributed by atoms with Crippen molar-refractivity contribution in [1.82, 2.24) is 5.32 Å². The van der Waals surface area contributed by atoms with Crippen LogP contribution in [-0.4, -0.2) is 6.54 Å². The molecule has 1 heterocycles. The van der Waals surface area contributed by atoms with Gasteiger partial charge in [0.1, 0.15) is 12.4 Å². The van der Waals surface area contributed by atoms with Crippen LogP contribution in [0.15, 0.2) is 41.1 Å². The Labute approximate surface area is 113 Å². The number of hydrogen-bond donors (Lipinski definition) is 1. The first-order chi connectivity index (χ1) is 8.88. The minimum atomic E-state index is 0.648. The van der Waals surface area contributed by atoms with Crippen molar-refractivity contribution in [3.8, 4) is 5.75 Å². The minimum Gasteiger partial charge on any atom is -0.489 e. The average molecular weight is 261 g/mol. The highest BCUT2D eigenvalue weighted by atomic mass is 32.1. The molecule has 0 saturated heterocycles. The summed E-state index contributed by atoms with van der Waals surface area (Å²) in [6.07, 6.45) is 1.16. The second-order valence-corrected chi connectivity index (χ2v) is 5.02. The van der Waals surface area contributed by atoms with Gasteiger partial charge < -0.3 is 10.1 Å². The molecular weight excluding hydrogens is 242 g/mol. The van der Waals surface area contributed by atoms with Crippen molar-refractivity contribution in [3.63, 3.8) is 0 Å². The van der Waals surface area contributed by atoms with E-state index in [4.69, 9.17) is 4.74 Å². The number of rotatable bonds is 7. The Balaban J connectivity index is 1.86. The van der Waals surface area contributed by atoms with Gasteiger partial charge in [-0.25, -0.2) is 0 Å². The summed E-state index contributed by atoms with van der Waals surface area (Å²) in [7, 11) is 0. The standard InChI is InChI=1S/C15H19NOS/c1-2-7-16-10-13-4-3-5-15(9-13)17-11-14-6-8-18-12-14/h3-6,8-9,12,16H,2,7,10-11H2,1H3. The molecule has 0 bridgehead atoms. The first kappa shape index (κ1) is 13.1. The molecule has 3 heteroatoms. The Kier molecular flexibility index (Phi) is 5.24. The fourth-order valence-corrected chi connectivity index (χ4v) is 2.35. The topological polar surface area (TPSA) is 21.3 Å². The first-order valence-electron chi connectivity index (χ1n) is 6.32. The number of nitrogens with one attached hydrogen (secondary N) is 1. The van der Waals surface area contributed by atoms with Crippen molar-refractivity contribution in [2.24, 2.45) is 0 Å². The largest absolute Gasteiger partial charge is 0.489 e. The van der Waals surface area contributed by atoms with Crippen LogP contribution in [0.4, 0.5) is 0 Å². The highest BCUT2D eigenvalue weighted by Crippen LogP contribution is 2.16. The molecule has 0 aliphatic carbocycles. The quantitative estimate of drug-likeness (QED) is 0.765. The van der Waals surface area contributed by atoms with Gasteiger partial charge in [0.25, 0.3) is 0 Å². The van der Waals surface area contributed by atoms with E-state index in [9.17, 15) is 0 Å². The predicted octanol–water partition coefficient (Wildman–Crippen LogP) is 3.83. The molecule has 0 aliphatic rings. The van der Waals surface area contributed by atoms with Gasteiger partial charge in [0, 0.05) is 6.54 Å². The van der Waals surface area contributed by atoms with Crippen LogP contribution >= 0.6 is 11.3 Å². The van der Waals surface area contributed by atoms with E-state index >= 15 is 0 Å². The maximum absolute atomic E-state index is 5.78. The SMILES string of the molecule is CCCNCc1cccc(OCc2ccsc2)c1. The van der Waals surface area contributed by atoms with Gasteiger partial charge in [-0.05, 0) is 53.1 Å². The zero-order valence-corrected chi connectivity index (χ0v) is 11.5. The highest BCUT2D eigenvalue weighted by molar-refractivity contribution is 7.07. The zero-order valence-electron chi connectivity index (χ0n) is 10.7. The van der Waals surface area contributed by atoms with Crippen LogP contribution in [-0.2, 0) is 13.2 Å². The molecule has 0 unspecified atom stereocenters. The van der Waals surface area contributed by atoms with Crippen molar-refractivity contribution in [1.29, 1.82) is 0 Å². The third-order valence-corrected chi connectivity index (χ3v) is 3.37. The molecule has 0 atom stereocenters. The molecule has 1 aromatic heterocycles. The maximum Gasteiger partial charge on any atom is 0.120 e. The highest BCUT2D eigenvalue weighted by Gasteiger charge is 1.98. The van der Waals surface area contributed by atoms with Gasteiger partial charge in [0.05, 0.1) is 0 Å². The molecule has 0 aliphatic heterocycles. The van der Waals surface area contributed by atoms with Gasteiger partial charge in [0.15, 0.2) is 0 Å². The van der Waals surface area contributed by atoms with Crippen LogP contribution in [0.2, 0.25) is 0 Å². The first-order valence-corrected chi connectivity index (χ1v) is 7.26. The lowest BCUT2D eigenvalue weighted by molar-refractivity contribution is 0.306. The van der Waals surface area contributed by atoms with E-state index in [0.29, 0.717) is 6.61 Å². The van der Waals surface area contributed by atoms with Crippen molar-refractivity contribution >= 4 is 11.3 Å². The molecule has 2 aromatic rings. The van der Waals surface area contributed by atoms with Gasteiger partial charge in [-0.15, -0.1) is 0 Å². The number of ether oxygens (including phenoxy) is 1. The lowest BCUT2D eigenvalue weighted by Gasteiger charge is -2.08. The van der Waals surface area contributed by atoms with Crippen LogP contribution < -0.4 is 10.1 Å². The smallest absolute Gasteiger partial charge is 0.120 e. The van der Waals surface area contributed by atoms with E-state index in [2.05, 4.69) is 41.2 Å². The number of hydrogen-bond acceptors (Lipinski definition) is 3. The normalized spacial score (nSPS) is 10.5. The van der Waals surface area contributed by atoms with Crippen LogP contribution in [0.25, 0.3) is 0 Å². The van der Waals surface area contributed by atoms with E-state index in [0.717, 1.165) is 25.3 Å². The average Bonchev–Trinajstić information content (AvgIpc) is 2.90. The lowest BCUT2D eigenvalue weighted by Crippen LogP contribution is -2.13. The van der Waals surface area contributed by atoms with Crippen molar-refractivity contribution in [3.05, 3.63) is 52.2 Å².